The molecule has 0 unspecified atom stereocenters. The second-order valence-electron chi connectivity index (χ2n) is 7.75. The molecule has 3 aromatic carbocycles. The highest BCUT2D eigenvalue weighted by molar-refractivity contribution is 7.94. The number of hydrogen-bond donors (Lipinski definition) is 4. The number of sulfone groups is 1. The van der Waals surface area contributed by atoms with Crippen LogP contribution in [-0.4, -0.2) is 46.4 Å². The Balaban J connectivity index is 1.57. The lowest BCUT2D eigenvalue weighted by Crippen LogP contribution is -2.10. The zero-order chi connectivity index (χ0) is 30.1. The number of benzene rings is 3. The smallest absolute Gasteiger partial charge is 0.313 e. The summed E-state index contributed by atoms with van der Waals surface area (Å²) in [6.45, 7) is -0.256. The van der Waals surface area contributed by atoms with Gasteiger partial charge in [0.25, 0.3) is 0 Å². The number of hydrogen-bond acceptors (Lipinski definition) is 17. The van der Waals surface area contributed by atoms with E-state index in [9.17, 15) is 22.3 Å². The maximum Gasteiger partial charge on any atom is 0.313 e. The molecule has 1 heterocycles. The number of fused-ring (bicyclic) bond motifs is 1. The molecular weight excluding hydrogens is 628 g/mol. The van der Waals surface area contributed by atoms with Crippen LogP contribution in [-0.2, 0) is 32.8 Å². The molecule has 4 N–H and O–H groups in total. The first-order chi connectivity index (χ1) is 20.2. The summed E-state index contributed by atoms with van der Waals surface area (Å²) in [7, 11) is -3.72. The minimum atomic E-state index is -3.72. The van der Waals surface area contributed by atoms with Gasteiger partial charge in [0.1, 0.15) is 11.5 Å². The van der Waals surface area contributed by atoms with Crippen molar-refractivity contribution < 1.29 is 55.7 Å². The molecule has 0 bridgehead atoms. The Morgan fingerprint density at radius 2 is 1.71 bits per heavy atom. The average Bonchev–Trinajstić information content (AvgIpc) is 2.95. The number of halogens is 2. The van der Waals surface area contributed by atoms with Crippen molar-refractivity contribution in [2.24, 2.45) is 10.2 Å². The Morgan fingerprint density at radius 1 is 0.952 bits per heavy atom. The summed E-state index contributed by atoms with van der Waals surface area (Å²) in [6, 6.07) is 12.3. The second kappa shape index (κ2) is 14.6. The number of rotatable bonds is 14. The van der Waals surface area contributed by atoms with Gasteiger partial charge in [0, 0.05) is 17.1 Å². The van der Waals surface area contributed by atoms with Gasteiger partial charge in [0.2, 0.25) is 5.95 Å². The van der Waals surface area contributed by atoms with Gasteiger partial charge in [-0.05, 0) is 53.9 Å². The van der Waals surface area contributed by atoms with Crippen LogP contribution >= 0.6 is 24.4 Å². The van der Waals surface area contributed by atoms with Crippen molar-refractivity contribution in [1.82, 2.24) is 9.97 Å². The molecule has 0 spiro atoms. The standard InChI is InChI=1S/C22H17F2N5O10S3/c23-18-11-19(27-22(24)26-18)25-14-3-6-16-12(9-14)10-17(40-38-36-31)20(21(16)30)29-28-13-1-4-15(5-2-13)42(33,34)8-7-35-41-39-37-32/h1-6,9-11,30-32H,7-8H2,(H,25,26,27). The molecule has 0 aliphatic rings. The predicted molar refractivity (Wildman–Crippen MR) is 143 cm³/mol. The van der Waals surface area contributed by atoms with Crippen molar-refractivity contribution in [3.63, 3.8) is 0 Å². The summed E-state index contributed by atoms with van der Waals surface area (Å²) < 4.78 is 64.9. The molecule has 222 valence electrons. The van der Waals surface area contributed by atoms with E-state index in [1.54, 1.807) is 0 Å². The van der Waals surface area contributed by atoms with Crippen molar-refractivity contribution in [2.75, 3.05) is 17.7 Å². The van der Waals surface area contributed by atoms with E-state index < -0.39 is 27.6 Å². The third-order valence-corrected chi connectivity index (χ3v) is 7.84. The number of phenols is 1. The monoisotopic (exact) mass is 645 g/mol. The highest BCUT2D eigenvalue weighted by Gasteiger charge is 2.17. The lowest BCUT2D eigenvalue weighted by Gasteiger charge is -2.11. The van der Waals surface area contributed by atoms with Crippen LogP contribution in [0.3, 0.4) is 0 Å². The number of aromatic hydroxyl groups is 1. The summed E-state index contributed by atoms with van der Waals surface area (Å²) in [6.07, 6.45) is -1.26. The molecule has 1 aromatic heterocycles. The number of anilines is 2. The summed E-state index contributed by atoms with van der Waals surface area (Å²) in [5.41, 5.74) is 0.510. The molecule has 15 nitrogen and oxygen atoms in total. The van der Waals surface area contributed by atoms with Crippen molar-refractivity contribution in [1.29, 1.82) is 0 Å². The Kier molecular flexibility index (Phi) is 10.9. The molecule has 0 radical (unpaired) electrons. The van der Waals surface area contributed by atoms with E-state index in [1.165, 1.54) is 48.5 Å². The Bertz CT molecular complexity index is 1660. The second-order valence-corrected chi connectivity index (χ2v) is 11.1. The molecule has 0 atom stereocenters. The molecule has 42 heavy (non-hydrogen) atoms. The molecule has 4 rings (SSSR count). The number of phenolic OH excluding ortho intramolecular Hbond substituents is 1. The van der Waals surface area contributed by atoms with E-state index in [2.05, 4.69) is 44.3 Å². The van der Waals surface area contributed by atoms with Crippen LogP contribution in [0.25, 0.3) is 10.8 Å². The van der Waals surface area contributed by atoms with Gasteiger partial charge < -0.3 is 10.4 Å². The van der Waals surface area contributed by atoms with Gasteiger partial charge in [0.15, 0.2) is 27.9 Å². The van der Waals surface area contributed by atoms with Gasteiger partial charge in [-0.25, -0.2) is 18.9 Å². The molecule has 0 amide bonds. The van der Waals surface area contributed by atoms with E-state index in [-0.39, 0.29) is 51.7 Å². The molecular formula is C22H17F2N5O10S3. The highest BCUT2D eigenvalue weighted by atomic mass is 32.2. The lowest BCUT2D eigenvalue weighted by atomic mass is 10.1. The largest absolute Gasteiger partial charge is 0.505 e. The van der Waals surface area contributed by atoms with Crippen molar-refractivity contribution in [3.05, 3.63) is 66.6 Å². The maximum absolute atomic E-state index is 13.4. The minimum Gasteiger partial charge on any atom is -0.505 e. The van der Waals surface area contributed by atoms with E-state index in [4.69, 9.17) is 14.7 Å². The van der Waals surface area contributed by atoms with Gasteiger partial charge in [-0.2, -0.15) is 23.9 Å². The van der Waals surface area contributed by atoms with E-state index in [0.29, 0.717) is 28.5 Å². The quantitative estimate of drug-likeness (QED) is 0.0237. The Morgan fingerprint density at radius 3 is 2.43 bits per heavy atom. The first-order valence-electron chi connectivity index (χ1n) is 11.1. The maximum atomic E-state index is 13.4. The molecule has 20 heteroatoms. The number of aromatic nitrogens is 2. The molecule has 0 aliphatic heterocycles. The fourth-order valence-corrected chi connectivity index (χ4v) is 5.30. The average molecular weight is 646 g/mol. The topological polar surface area (TPSA) is 204 Å². The number of nitrogens with one attached hydrogen (secondary N) is 1. The van der Waals surface area contributed by atoms with Gasteiger partial charge in [0.05, 0.1) is 39.9 Å². The van der Waals surface area contributed by atoms with Crippen molar-refractivity contribution in [2.45, 2.75) is 9.79 Å². The van der Waals surface area contributed by atoms with Crippen molar-refractivity contribution in [3.8, 4) is 5.75 Å². The van der Waals surface area contributed by atoms with Crippen LogP contribution in [0.1, 0.15) is 0 Å². The van der Waals surface area contributed by atoms with Gasteiger partial charge in [-0.1, -0.05) is 10.1 Å². The van der Waals surface area contributed by atoms with Gasteiger partial charge in [-0.3, -0.25) is 4.18 Å². The summed E-state index contributed by atoms with van der Waals surface area (Å²) >= 11 is 0.750. The molecule has 0 saturated heterocycles. The number of nitrogens with zero attached hydrogens (tertiary/aromatic N) is 4. The third-order valence-electron chi connectivity index (χ3n) is 5.15. The van der Waals surface area contributed by atoms with Crippen LogP contribution in [0.4, 0.5) is 31.7 Å². The molecule has 4 aromatic rings. The zero-order valence-corrected chi connectivity index (χ0v) is 23.0. The first kappa shape index (κ1) is 31.4. The third kappa shape index (κ3) is 8.25. The number of azo groups is 1. The van der Waals surface area contributed by atoms with Crippen LogP contribution in [0.15, 0.2) is 74.6 Å². The fraction of sp³-hybridized carbons (Fsp3) is 0.0909. The van der Waals surface area contributed by atoms with Crippen LogP contribution in [0.2, 0.25) is 0 Å². The first-order valence-corrected chi connectivity index (χ1v) is 14.2. The molecule has 0 aliphatic carbocycles. The van der Waals surface area contributed by atoms with Crippen LogP contribution in [0.5, 0.6) is 5.75 Å². The fourth-order valence-electron chi connectivity index (χ4n) is 3.40. The Labute approximate surface area is 243 Å². The Hall–Kier alpha value is -3.57. The summed E-state index contributed by atoms with van der Waals surface area (Å²) in [4.78, 5) is 6.51. The zero-order valence-electron chi connectivity index (χ0n) is 20.6. The van der Waals surface area contributed by atoms with E-state index in [0.717, 1.165) is 6.07 Å². The predicted octanol–water partition coefficient (Wildman–Crippen LogP) is 5.98. The van der Waals surface area contributed by atoms with E-state index in [1.807, 2.05) is 0 Å². The summed E-state index contributed by atoms with van der Waals surface area (Å²) in [5.74, 6) is -1.94. The van der Waals surface area contributed by atoms with Crippen LogP contribution < -0.4 is 5.32 Å². The summed E-state index contributed by atoms with van der Waals surface area (Å²) in [5, 5.41) is 46.1. The lowest BCUT2D eigenvalue weighted by molar-refractivity contribution is -0.434. The molecule has 0 saturated carbocycles. The highest BCUT2D eigenvalue weighted by Crippen LogP contribution is 2.44. The van der Waals surface area contributed by atoms with Gasteiger partial charge in [-0.15, -0.1) is 13.8 Å². The van der Waals surface area contributed by atoms with E-state index >= 15 is 0 Å². The SMILES string of the molecule is O=S(=O)(CCOSOOO)c1ccc(N=Nc2c(SOOO)cc3cc(Nc4cc(F)nc(F)n4)ccc3c2O)cc1. The van der Waals surface area contributed by atoms with Gasteiger partial charge >= 0.3 is 6.08 Å². The van der Waals surface area contributed by atoms with Crippen molar-refractivity contribution >= 4 is 67.9 Å². The normalized spacial score (nSPS) is 11.9. The molecule has 0 fully saturated rings. The minimum absolute atomic E-state index is 0.0236. The van der Waals surface area contributed by atoms with Crippen LogP contribution in [0, 0.1) is 12.0 Å².